The van der Waals surface area contributed by atoms with Crippen molar-refractivity contribution < 1.29 is 28.7 Å². The van der Waals surface area contributed by atoms with E-state index in [2.05, 4.69) is 5.32 Å². The number of piperazine rings is 1. The molecule has 2 fully saturated rings. The van der Waals surface area contributed by atoms with E-state index < -0.39 is 12.0 Å². The van der Waals surface area contributed by atoms with Crippen LogP contribution in [-0.4, -0.2) is 85.5 Å². The maximum absolute atomic E-state index is 12.7. The molecule has 2 aliphatic rings. The van der Waals surface area contributed by atoms with Crippen LogP contribution in [0.5, 0.6) is 0 Å². The molecule has 0 aliphatic carbocycles. The molecule has 2 rings (SSSR count). The molecule has 0 saturated carbocycles. The molecule has 9 heteroatoms. The lowest BCUT2D eigenvalue weighted by Crippen LogP contribution is -2.58. The highest BCUT2D eigenvalue weighted by molar-refractivity contribution is 5.88. The molecule has 2 aliphatic heterocycles. The third-order valence-electron chi connectivity index (χ3n) is 5.37. The fraction of sp³-hybridized carbons (Fsp3) is 0.800. The molecule has 0 radical (unpaired) electrons. The van der Waals surface area contributed by atoms with Gasteiger partial charge >= 0.3 is 11.9 Å². The van der Waals surface area contributed by atoms with Gasteiger partial charge in [-0.15, -0.1) is 0 Å². The quantitative estimate of drug-likeness (QED) is 0.430. The highest BCUT2D eigenvalue weighted by Gasteiger charge is 2.35. The Labute approximate surface area is 172 Å². The summed E-state index contributed by atoms with van der Waals surface area (Å²) in [6, 6.07) is -0.695. The van der Waals surface area contributed by atoms with Gasteiger partial charge < -0.3 is 19.7 Å². The number of nitrogens with one attached hydrogen (secondary N) is 1. The molecular formula is C20H33N3O6. The second-order valence-electron chi connectivity index (χ2n) is 7.46. The summed E-state index contributed by atoms with van der Waals surface area (Å²) < 4.78 is 10.2. The smallest absolute Gasteiger partial charge is 0.309 e. The Balaban J connectivity index is 1.86. The Hall–Kier alpha value is -2.16. The number of hydrogen-bond donors (Lipinski definition) is 1. The molecule has 2 saturated heterocycles. The number of piperidine rings is 1. The number of amides is 2. The van der Waals surface area contributed by atoms with Crippen LogP contribution in [0.25, 0.3) is 0 Å². The summed E-state index contributed by atoms with van der Waals surface area (Å²) in [7, 11) is 0. The van der Waals surface area contributed by atoms with Crippen molar-refractivity contribution in [3.05, 3.63) is 0 Å². The van der Waals surface area contributed by atoms with Crippen LogP contribution in [0.15, 0.2) is 0 Å². The Kier molecular flexibility index (Phi) is 9.37. The van der Waals surface area contributed by atoms with E-state index in [1.165, 1.54) is 0 Å². The van der Waals surface area contributed by atoms with Gasteiger partial charge in [0.25, 0.3) is 0 Å². The van der Waals surface area contributed by atoms with Crippen LogP contribution in [0.4, 0.5) is 0 Å². The fourth-order valence-electron chi connectivity index (χ4n) is 3.62. The number of nitrogens with zero attached hydrogens (tertiary/aromatic N) is 2. The van der Waals surface area contributed by atoms with E-state index in [4.69, 9.17) is 9.47 Å². The topological polar surface area (TPSA) is 105 Å². The van der Waals surface area contributed by atoms with Crippen LogP contribution in [0.2, 0.25) is 0 Å². The minimum atomic E-state index is -0.695. The van der Waals surface area contributed by atoms with Crippen molar-refractivity contribution >= 4 is 23.8 Å². The van der Waals surface area contributed by atoms with Crippen LogP contribution < -0.4 is 5.32 Å². The van der Waals surface area contributed by atoms with E-state index in [-0.39, 0.29) is 36.7 Å². The van der Waals surface area contributed by atoms with Gasteiger partial charge in [-0.05, 0) is 26.2 Å². The van der Waals surface area contributed by atoms with E-state index in [0.717, 1.165) is 12.8 Å². The molecule has 0 bridgehead atoms. The van der Waals surface area contributed by atoms with Gasteiger partial charge in [0, 0.05) is 26.2 Å². The standard InChI is InChI=1S/C20H33N3O6/c1-3-5-12-29-18(25)13-16-19(26)21-8-11-23(16)14-17(24)22-9-6-15(7-10-22)20(27)28-4-2/h15-16H,3-14H2,1-2H3,(H,21,26). The minimum Gasteiger partial charge on any atom is -0.466 e. The number of carbonyl (C=O) groups is 4. The first-order valence-electron chi connectivity index (χ1n) is 10.6. The van der Waals surface area contributed by atoms with Gasteiger partial charge in [-0.2, -0.15) is 0 Å². The summed E-state index contributed by atoms with van der Waals surface area (Å²) in [4.78, 5) is 52.4. The molecule has 29 heavy (non-hydrogen) atoms. The van der Waals surface area contributed by atoms with Gasteiger partial charge in [-0.3, -0.25) is 24.1 Å². The zero-order valence-electron chi connectivity index (χ0n) is 17.5. The zero-order chi connectivity index (χ0) is 21.2. The van der Waals surface area contributed by atoms with Crippen molar-refractivity contribution in [2.75, 3.05) is 45.9 Å². The van der Waals surface area contributed by atoms with Gasteiger partial charge in [0.2, 0.25) is 11.8 Å². The largest absolute Gasteiger partial charge is 0.466 e. The second-order valence-corrected chi connectivity index (χ2v) is 7.46. The molecule has 1 N–H and O–H groups in total. The van der Waals surface area contributed by atoms with Crippen molar-refractivity contribution in [1.82, 2.24) is 15.1 Å². The molecule has 0 aromatic rings. The molecule has 9 nitrogen and oxygen atoms in total. The first-order chi connectivity index (χ1) is 14.0. The maximum atomic E-state index is 12.7. The average Bonchev–Trinajstić information content (AvgIpc) is 2.71. The van der Waals surface area contributed by atoms with E-state index in [0.29, 0.717) is 52.2 Å². The van der Waals surface area contributed by atoms with Crippen molar-refractivity contribution in [2.45, 2.75) is 52.0 Å². The predicted octanol–water partition coefficient (Wildman–Crippen LogP) is 0.322. The molecule has 2 heterocycles. The molecule has 2 amide bonds. The van der Waals surface area contributed by atoms with E-state index in [1.807, 2.05) is 6.92 Å². The summed E-state index contributed by atoms with van der Waals surface area (Å²) in [5.74, 6) is -1.13. The first-order valence-corrected chi connectivity index (χ1v) is 10.6. The van der Waals surface area contributed by atoms with Crippen LogP contribution in [0, 0.1) is 5.92 Å². The number of likely N-dealkylation sites (tertiary alicyclic amines) is 1. The Morgan fingerprint density at radius 2 is 1.83 bits per heavy atom. The van der Waals surface area contributed by atoms with Crippen LogP contribution in [-0.2, 0) is 28.7 Å². The molecule has 1 atom stereocenters. The molecule has 1 unspecified atom stereocenters. The van der Waals surface area contributed by atoms with Crippen molar-refractivity contribution in [3.8, 4) is 0 Å². The number of hydrogen-bond acceptors (Lipinski definition) is 7. The minimum absolute atomic E-state index is 0.0617. The molecule has 0 aromatic heterocycles. The summed E-state index contributed by atoms with van der Waals surface area (Å²) in [6.45, 7) is 6.49. The van der Waals surface area contributed by atoms with E-state index in [1.54, 1.807) is 16.7 Å². The van der Waals surface area contributed by atoms with Crippen molar-refractivity contribution in [1.29, 1.82) is 0 Å². The number of esters is 2. The van der Waals surface area contributed by atoms with E-state index in [9.17, 15) is 19.2 Å². The maximum Gasteiger partial charge on any atom is 0.309 e. The van der Waals surface area contributed by atoms with Gasteiger partial charge in [0.1, 0.15) is 6.04 Å². The number of carbonyl (C=O) groups excluding carboxylic acids is 4. The lowest BCUT2D eigenvalue weighted by Gasteiger charge is -2.37. The van der Waals surface area contributed by atoms with E-state index >= 15 is 0 Å². The summed E-state index contributed by atoms with van der Waals surface area (Å²) in [5.41, 5.74) is 0. The predicted molar refractivity (Wildman–Crippen MR) is 105 cm³/mol. The van der Waals surface area contributed by atoms with Gasteiger partial charge in [-0.1, -0.05) is 13.3 Å². The summed E-state index contributed by atoms with van der Waals surface area (Å²) >= 11 is 0. The molecule has 164 valence electrons. The lowest BCUT2D eigenvalue weighted by molar-refractivity contribution is -0.152. The Bertz CT molecular complexity index is 589. The highest BCUT2D eigenvalue weighted by atomic mass is 16.5. The monoisotopic (exact) mass is 411 g/mol. The third-order valence-corrected chi connectivity index (χ3v) is 5.37. The normalized spacial score (nSPS) is 20.8. The van der Waals surface area contributed by atoms with Crippen molar-refractivity contribution in [2.24, 2.45) is 5.92 Å². The highest BCUT2D eigenvalue weighted by Crippen LogP contribution is 2.19. The molecule has 0 aromatic carbocycles. The van der Waals surface area contributed by atoms with Crippen LogP contribution in [0.1, 0.15) is 46.0 Å². The number of unbranched alkanes of at least 4 members (excludes halogenated alkanes) is 1. The van der Waals surface area contributed by atoms with Gasteiger partial charge in [0.15, 0.2) is 0 Å². The average molecular weight is 411 g/mol. The SMILES string of the molecule is CCCCOC(=O)CC1C(=O)NCCN1CC(=O)N1CCC(C(=O)OCC)CC1. The lowest BCUT2D eigenvalue weighted by atomic mass is 9.97. The second kappa shape index (κ2) is 11.7. The summed E-state index contributed by atoms with van der Waals surface area (Å²) in [6.07, 6.45) is 2.81. The summed E-state index contributed by atoms with van der Waals surface area (Å²) in [5, 5.41) is 2.75. The Morgan fingerprint density at radius 3 is 2.48 bits per heavy atom. The van der Waals surface area contributed by atoms with Crippen LogP contribution in [0.3, 0.4) is 0 Å². The van der Waals surface area contributed by atoms with Gasteiger partial charge in [-0.25, -0.2) is 0 Å². The third kappa shape index (κ3) is 6.99. The first kappa shape index (κ1) is 23.1. The Morgan fingerprint density at radius 1 is 1.10 bits per heavy atom. The fourth-order valence-corrected chi connectivity index (χ4v) is 3.62. The van der Waals surface area contributed by atoms with Crippen molar-refractivity contribution in [3.63, 3.8) is 0 Å². The molecular weight excluding hydrogens is 378 g/mol. The number of ether oxygens (including phenoxy) is 2. The zero-order valence-corrected chi connectivity index (χ0v) is 17.5. The number of rotatable bonds is 9. The molecule has 0 spiro atoms. The van der Waals surface area contributed by atoms with Gasteiger partial charge in [0.05, 0.1) is 32.1 Å². The van der Waals surface area contributed by atoms with Crippen LogP contribution >= 0.6 is 0 Å².